The molecule has 0 aromatic carbocycles. The van der Waals surface area contributed by atoms with Gasteiger partial charge >= 0.3 is 0 Å². The Labute approximate surface area is 159 Å². The fraction of sp³-hybridized carbons (Fsp3) is 0.737. The molecule has 3 saturated heterocycles. The van der Waals surface area contributed by atoms with Crippen LogP contribution in [0.4, 0.5) is 5.82 Å². The first kappa shape index (κ1) is 17.3. The van der Waals surface area contributed by atoms with Gasteiger partial charge in [-0.05, 0) is 51.7 Å². The lowest BCUT2D eigenvalue weighted by Crippen LogP contribution is -2.52. The minimum atomic E-state index is -0.0409. The topological polar surface area (TPSA) is 94.1 Å². The molecule has 1 spiro atoms. The number of hydrogen-bond acceptors (Lipinski definition) is 7. The molecule has 0 radical (unpaired) electrons. The van der Waals surface area contributed by atoms with Crippen molar-refractivity contribution < 1.29 is 4.74 Å². The molecule has 5 heterocycles. The first-order valence-electron chi connectivity index (χ1n) is 10.2. The van der Waals surface area contributed by atoms with E-state index in [9.17, 15) is 0 Å². The van der Waals surface area contributed by atoms with Gasteiger partial charge in [0, 0.05) is 18.0 Å². The van der Waals surface area contributed by atoms with Crippen molar-refractivity contribution in [1.29, 1.82) is 0 Å². The second-order valence-corrected chi connectivity index (χ2v) is 8.47. The van der Waals surface area contributed by atoms with E-state index in [0.29, 0.717) is 22.8 Å². The van der Waals surface area contributed by atoms with Crippen molar-refractivity contribution in [2.24, 2.45) is 5.92 Å². The smallest absolute Gasteiger partial charge is 0.167 e. The summed E-state index contributed by atoms with van der Waals surface area (Å²) in [7, 11) is 0. The zero-order valence-electron chi connectivity index (χ0n) is 16.0. The Morgan fingerprint density at radius 2 is 2.11 bits per heavy atom. The van der Waals surface area contributed by atoms with Gasteiger partial charge in [-0.15, -0.1) is 0 Å². The van der Waals surface area contributed by atoms with E-state index in [1.54, 1.807) is 6.33 Å². The van der Waals surface area contributed by atoms with Crippen molar-refractivity contribution >= 4 is 17.0 Å². The first-order chi connectivity index (χ1) is 13.2. The second kappa shape index (κ2) is 6.68. The Balaban J connectivity index is 1.33. The molecule has 8 heteroatoms. The van der Waals surface area contributed by atoms with E-state index in [1.165, 1.54) is 38.6 Å². The largest absolute Gasteiger partial charge is 0.382 e. The molecule has 0 aliphatic carbocycles. The van der Waals surface area contributed by atoms with Crippen LogP contribution in [0.5, 0.6) is 0 Å². The van der Waals surface area contributed by atoms with Crippen LogP contribution in [0.1, 0.15) is 45.3 Å². The van der Waals surface area contributed by atoms with Gasteiger partial charge in [0.1, 0.15) is 18.1 Å². The molecule has 27 heavy (non-hydrogen) atoms. The maximum absolute atomic E-state index is 6.53. The van der Waals surface area contributed by atoms with Crippen molar-refractivity contribution in [3.63, 3.8) is 0 Å². The molecule has 3 N–H and O–H groups in total. The summed E-state index contributed by atoms with van der Waals surface area (Å²) in [6.07, 6.45) is 9.75. The van der Waals surface area contributed by atoms with Crippen LogP contribution in [0.25, 0.3) is 11.2 Å². The Kier molecular flexibility index (Phi) is 4.29. The maximum atomic E-state index is 6.53. The van der Waals surface area contributed by atoms with Crippen LogP contribution in [0, 0.1) is 5.92 Å². The SMILES string of the molecule is CC1CC(CN2CCCC23CCNCC3)OC1n1cnc2c(N)ncnc21. The van der Waals surface area contributed by atoms with Crippen LogP contribution >= 0.6 is 0 Å². The van der Waals surface area contributed by atoms with E-state index in [2.05, 4.69) is 32.1 Å². The molecule has 5 rings (SSSR count). The predicted molar refractivity (Wildman–Crippen MR) is 103 cm³/mol. The Hall–Kier alpha value is -1.77. The Morgan fingerprint density at radius 1 is 1.26 bits per heavy atom. The number of nitrogen functional groups attached to an aromatic ring is 1. The maximum Gasteiger partial charge on any atom is 0.167 e. The highest BCUT2D eigenvalue weighted by Gasteiger charge is 2.44. The molecule has 2 aromatic heterocycles. The van der Waals surface area contributed by atoms with Crippen molar-refractivity contribution in [3.8, 4) is 0 Å². The third-order valence-corrected chi connectivity index (χ3v) is 6.81. The van der Waals surface area contributed by atoms with Crippen molar-refractivity contribution in [1.82, 2.24) is 29.7 Å². The second-order valence-electron chi connectivity index (χ2n) is 8.47. The van der Waals surface area contributed by atoms with Gasteiger partial charge in [-0.3, -0.25) is 9.47 Å². The first-order valence-corrected chi connectivity index (χ1v) is 10.2. The molecule has 8 nitrogen and oxygen atoms in total. The predicted octanol–water partition coefficient (Wildman–Crippen LogP) is 1.55. The molecular weight excluding hydrogens is 342 g/mol. The van der Waals surface area contributed by atoms with Gasteiger partial charge in [0.15, 0.2) is 11.5 Å². The van der Waals surface area contributed by atoms with Gasteiger partial charge in [0.2, 0.25) is 0 Å². The number of nitrogens with zero attached hydrogens (tertiary/aromatic N) is 5. The number of hydrogen-bond donors (Lipinski definition) is 2. The molecule has 0 amide bonds. The van der Waals surface area contributed by atoms with E-state index in [4.69, 9.17) is 10.5 Å². The molecule has 146 valence electrons. The summed E-state index contributed by atoms with van der Waals surface area (Å²) in [5.74, 6) is 0.834. The number of imidazole rings is 1. The molecule has 3 aliphatic rings. The highest BCUT2D eigenvalue weighted by atomic mass is 16.5. The zero-order chi connectivity index (χ0) is 18.4. The molecule has 0 bridgehead atoms. The average molecular weight is 371 g/mol. The molecule has 3 aliphatic heterocycles. The lowest BCUT2D eigenvalue weighted by Gasteiger charge is -2.42. The summed E-state index contributed by atoms with van der Waals surface area (Å²) in [6, 6.07) is 0. The number of rotatable bonds is 3. The van der Waals surface area contributed by atoms with Crippen molar-refractivity contribution in [2.45, 2.75) is 56.9 Å². The minimum Gasteiger partial charge on any atom is -0.382 e. The number of fused-ring (bicyclic) bond motifs is 1. The van der Waals surface area contributed by atoms with E-state index in [-0.39, 0.29) is 12.3 Å². The van der Waals surface area contributed by atoms with Crippen LogP contribution in [0.2, 0.25) is 0 Å². The quantitative estimate of drug-likeness (QED) is 0.845. The minimum absolute atomic E-state index is 0.0409. The Bertz CT molecular complexity index is 815. The molecule has 3 unspecified atom stereocenters. The van der Waals surface area contributed by atoms with Gasteiger partial charge in [-0.1, -0.05) is 6.92 Å². The molecule has 0 saturated carbocycles. The number of nitrogens with one attached hydrogen (secondary N) is 1. The van der Waals surface area contributed by atoms with E-state index in [1.807, 2.05) is 4.57 Å². The van der Waals surface area contributed by atoms with Gasteiger partial charge < -0.3 is 15.8 Å². The van der Waals surface area contributed by atoms with Crippen LogP contribution < -0.4 is 11.1 Å². The van der Waals surface area contributed by atoms with Crippen molar-refractivity contribution in [3.05, 3.63) is 12.7 Å². The number of ether oxygens (including phenoxy) is 1. The number of aromatic nitrogens is 4. The van der Waals surface area contributed by atoms with E-state index < -0.39 is 0 Å². The van der Waals surface area contributed by atoms with E-state index >= 15 is 0 Å². The highest BCUT2D eigenvalue weighted by molar-refractivity contribution is 5.81. The monoisotopic (exact) mass is 371 g/mol. The number of nitrogens with two attached hydrogens (primary N) is 1. The number of likely N-dealkylation sites (tertiary alicyclic amines) is 1. The summed E-state index contributed by atoms with van der Waals surface area (Å²) in [5, 5.41) is 3.51. The van der Waals surface area contributed by atoms with Crippen LogP contribution in [-0.4, -0.2) is 62.2 Å². The summed E-state index contributed by atoms with van der Waals surface area (Å²) in [6.45, 7) is 6.78. The zero-order valence-corrected chi connectivity index (χ0v) is 16.0. The third kappa shape index (κ3) is 2.90. The van der Waals surface area contributed by atoms with Gasteiger partial charge in [-0.25, -0.2) is 15.0 Å². The number of anilines is 1. The van der Waals surface area contributed by atoms with Crippen molar-refractivity contribution in [2.75, 3.05) is 31.9 Å². The summed E-state index contributed by atoms with van der Waals surface area (Å²) in [5.41, 5.74) is 7.76. The van der Waals surface area contributed by atoms with Crippen LogP contribution in [0.15, 0.2) is 12.7 Å². The average Bonchev–Trinajstić information content (AvgIpc) is 3.35. The summed E-state index contributed by atoms with van der Waals surface area (Å²) < 4.78 is 8.56. The molecule has 3 fully saturated rings. The molecule has 2 aromatic rings. The van der Waals surface area contributed by atoms with Crippen LogP contribution in [-0.2, 0) is 4.74 Å². The normalized spacial score (nSPS) is 31.2. The lowest BCUT2D eigenvalue weighted by atomic mass is 9.85. The summed E-state index contributed by atoms with van der Waals surface area (Å²) >= 11 is 0. The van der Waals surface area contributed by atoms with Gasteiger partial charge in [0.25, 0.3) is 0 Å². The van der Waals surface area contributed by atoms with Gasteiger partial charge in [-0.2, -0.15) is 0 Å². The highest BCUT2D eigenvalue weighted by Crippen LogP contribution is 2.40. The fourth-order valence-electron chi connectivity index (χ4n) is 5.41. The Morgan fingerprint density at radius 3 is 2.96 bits per heavy atom. The molecular formula is C19H29N7O. The molecule has 3 atom stereocenters. The standard InChI is InChI=1S/C19H29N7O/c1-13-9-14(10-25-8-2-3-19(25)4-6-21-7-5-19)27-18(13)26-12-24-15-16(20)22-11-23-17(15)26/h11-14,18,21H,2-10H2,1H3,(H2,20,22,23). The van der Waals surface area contributed by atoms with Crippen LogP contribution in [0.3, 0.4) is 0 Å². The fourth-order valence-corrected chi connectivity index (χ4v) is 5.41. The third-order valence-electron chi connectivity index (χ3n) is 6.81. The number of piperidine rings is 1. The van der Waals surface area contributed by atoms with Gasteiger partial charge in [0.05, 0.1) is 12.4 Å². The van der Waals surface area contributed by atoms with E-state index in [0.717, 1.165) is 31.7 Å². The summed E-state index contributed by atoms with van der Waals surface area (Å²) in [4.78, 5) is 15.6. The lowest BCUT2D eigenvalue weighted by molar-refractivity contribution is -0.0350.